The lowest BCUT2D eigenvalue weighted by molar-refractivity contribution is -0.136. The third-order valence-electron chi connectivity index (χ3n) is 4.32. The SMILES string of the molecule is Cl.O=C(O)Cc1ccc(OC2CC3CCCC(C2)N3)c(Cl)c1. The van der Waals surface area contributed by atoms with E-state index in [0.717, 1.165) is 12.8 Å². The zero-order chi connectivity index (χ0) is 14.8. The van der Waals surface area contributed by atoms with Crippen molar-refractivity contribution in [1.29, 1.82) is 0 Å². The Morgan fingerprint density at radius 3 is 2.59 bits per heavy atom. The van der Waals surface area contributed by atoms with Crippen molar-refractivity contribution in [2.24, 2.45) is 0 Å². The van der Waals surface area contributed by atoms with Gasteiger partial charge in [-0.15, -0.1) is 12.4 Å². The van der Waals surface area contributed by atoms with Gasteiger partial charge in [0.25, 0.3) is 0 Å². The van der Waals surface area contributed by atoms with Crippen LogP contribution in [-0.4, -0.2) is 29.3 Å². The van der Waals surface area contributed by atoms with Crippen LogP contribution in [0.15, 0.2) is 18.2 Å². The summed E-state index contributed by atoms with van der Waals surface area (Å²) in [6, 6.07) is 6.38. The molecule has 1 aromatic rings. The molecular weight excluding hydrogens is 325 g/mol. The largest absolute Gasteiger partial charge is 0.489 e. The monoisotopic (exact) mass is 345 g/mol. The molecule has 2 aliphatic rings. The van der Waals surface area contributed by atoms with Gasteiger partial charge in [0, 0.05) is 12.1 Å². The molecule has 0 aliphatic carbocycles. The highest BCUT2D eigenvalue weighted by Crippen LogP contribution is 2.32. The van der Waals surface area contributed by atoms with Crippen molar-refractivity contribution >= 4 is 30.0 Å². The van der Waals surface area contributed by atoms with Crippen LogP contribution in [0.4, 0.5) is 0 Å². The first kappa shape index (κ1) is 17.4. The summed E-state index contributed by atoms with van der Waals surface area (Å²) in [6.07, 6.45) is 5.97. The van der Waals surface area contributed by atoms with E-state index in [0.29, 0.717) is 28.4 Å². The number of halogens is 2. The summed E-state index contributed by atoms with van der Waals surface area (Å²) in [5, 5.41) is 12.9. The van der Waals surface area contributed by atoms with Crippen LogP contribution < -0.4 is 10.1 Å². The number of aliphatic carboxylic acids is 1. The van der Waals surface area contributed by atoms with Crippen LogP contribution in [-0.2, 0) is 11.2 Å². The molecule has 6 heteroatoms. The van der Waals surface area contributed by atoms with Gasteiger partial charge < -0.3 is 15.2 Å². The van der Waals surface area contributed by atoms with Crippen molar-refractivity contribution in [3.8, 4) is 5.75 Å². The minimum absolute atomic E-state index is 0. The molecule has 0 amide bonds. The minimum atomic E-state index is -0.856. The molecule has 2 unspecified atom stereocenters. The summed E-state index contributed by atoms with van der Waals surface area (Å²) in [7, 11) is 0. The quantitative estimate of drug-likeness (QED) is 0.877. The van der Waals surface area contributed by atoms with Crippen LogP contribution in [0.3, 0.4) is 0 Å². The Hall–Kier alpha value is -0.970. The molecule has 122 valence electrons. The first-order valence-corrected chi connectivity index (χ1v) is 7.91. The number of carbonyl (C=O) groups is 1. The summed E-state index contributed by atoms with van der Waals surface area (Å²) >= 11 is 6.22. The zero-order valence-electron chi connectivity index (χ0n) is 12.3. The fourth-order valence-corrected chi connectivity index (χ4v) is 3.66. The van der Waals surface area contributed by atoms with Crippen molar-refractivity contribution in [2.75, 3.05) is 0 Å². The normalized spacial score (nSPS) is 26.9. The Morgan fingerprint density at radius 2 is 2.00 bits per heavy atom. The smallest absolute Gasteiger partial charge is 0.307 e. The van der Waals surface area contributed by atoms with E-state index in [4.69, 9.17) is 21.4 Å². The molecule has 2 fully saturated rings. The van der Waals surface area contributed by atoms with E-state index in [9.17, 15) is 4.79 Å². The minimum Gasteiger partial charge on any atom is -0.489 e. The molecule has 0 spiro atoms. The van der Waals surface area contributed by atoms with Gasteiger partial charge in [-0.1, -0.05) is 24.1 Å². The number of ether oxygens (including phenoxy) is 1. The molecule has 22 heavy (non-hydrogen) atoms. The van der Waals surface area contributed by atoms with Crippen molar-refractivity contribution in [3.63, 3.8) is 0 Å². The third kappa shape index (κ3) is 4.28. The Labute approximate surface area is 141 Å². The van der Waals surface area contributed by atoms with Crippen molar-refractivity contribution in [1.82, 2.24) is 5.32 Å². The molecule has 3 rings (SSSR count). The maximum absolute atomic E-state index is 10.7. The highest BCUT2D eigenvalue weighted by Gasteiger charge is 2.32. The first-order valence-electron chi connectivity index (χ1n) is 7.53. The van der Waals surface area contributed by atoms with Crippen LogP contribution in [0.1, 0.15) is 37.7 Å². The van der Waals surface area contributed by atoms with Crippen LogP contribution >= 0.6 is 24.0 Å². The van der Waals surface area contributed by atoms with Crippen LogP contribution in [0.25, 0.3) is 0 Å². The molecule has 2 saturated heterocycles. The second-order valence-electron chi connectivity index (χ2n) is 6.04. The van der Waals surface area contributed by atoms with Gasteiger partial charge in [0.1, 0.15) is 11.9 Å². The summed E-state index contributed by atoms with van der Waals surface area (Å²) in [5.74, 6) is -0.193. The Bertz CT molecular complexity index is 526. The molecule has 4 nitrogen and oxygen atoms in total. The molecule has 2 N–H and O–H groups in total. The van der Waals surface area contributed by atoms with Gasteiger partial charge in [-0.05, 0) is 43.4 Å². The highest BCUT2D eigenvalue weighted by molar-refractivity contribution is 6.32. The lowest BCUT2D eigenvalue weighted by Crippen LogP contribution is -2.51. The van der Waals surface area contributed by atoms with E-state index in [1.165, 1.54) is 19.3 Å². The molecule has 1 aromatic carbocycles. The number of carboxylic acid groups (broad SMARTS) is 1. The third-order valence-corrected chi connectivity index (χ3v) is 4.61. The van der Waals surface area contributed by atoms with E-state index in [1.54, 1.807) is 18.2 Å². The Balaban J connectivity index is 0.00000176. The lowest BCUT2D eigenvalue weighted by atomic mass is 9.85. The summed E-state index contributed by atoms with van der Waals surface area (Å²) < 4.78 is 6.06. The standard InChI is InChI=1S/C16H20ClNO3.ClH/c17-14-6-10(7-16(19)20)4-5-15(14)21-13-8-11-2-1-3-12(9-13)18-11;/h4-6,11-13,18H,1-3,7-9H2,(H,19,20);1H. The second-order valence-corrected chi connectivity index (χ2v) is 6.45. The van der Waals surface area contributed by atoms with Gasteiger partial charge in [-0.2, -0.15) is 0 Å². The number of hydrogen-bond donors (Lipinski definition) is 2. The van der Waals surface area contributed by atoms with Crippen molar-refractivity contribution in [3.05, 3.63) is 28.8 Å². The molecule has 0 aromatic heterocycles. The number of hydrogen-bond acceptors (Lipinski definition) is 3. The van der Waals surface area contributed by atoms with Gasteiger partial charge >= 0.3 is 5.97 Å². The number of rotatable bonds is 4. The van der Waals surface area contributed by atoms with E-state index >= 15 is 0 Å². The molecule has 2 aliphatic heterocycles. The van der Waals surface area contributed by atoms with Gasteiger partial charge in [0.2, 0.25) is 0 Å². The molecule has 2 bridgehead atoms. The number of nitrogens with one attached hydrogen (secondary N) is 1. The number of fused-ring (bicyclic) bond motifs is 2. The van der Waals surface area contributed by atoms with Crippen molar-refractivity contribution < 1.29 is 14.6 Å². The number of piperidine rings is 2. The topological polar surface area (TPSA) is 58.6 Å². The number of carboxylic acids is 1. The molecular formula is C16H21Cl2NO3. The maximum Gasteiger partial charge on any atom is 0.307 e. The second kappa shape index (κ2) is 7.53. The summed E-state index contributed by atoms with van der Waals surface area (Å²) in [4.78, 5) is 10.7. The molecule has 2 atom stereocenters. The van der Waals surface area contributed by atoms with Gasteiger partial charge in [-0.3, -0.25) is 4.79 Å². The van der Waals surface area contributed by atoms with E-state index in [-0.39, 0.29) is 24.9 Å². The van der Waals surface area contributed by atoms with Gasteiger partial charge in [-0.25, -0.2) is 0 Å². The Morgan fingerprint density at radius 1 is 1.32 bits per heavy atom. The van der Waals surface area contributed by atoms with E-state index < -0.39 is 5.97 Å². The predicted octanol–water partition coefficient (Wildman–Crippen LogP) is 3.44. The van der Waals surface area contributed by atoms with Crippen LogP contribution in [0, 0.1) is 0 Å². The average Bonchev–Trinajstić information content (AvgIpc) is 2.41. The molecule has 0 saturated carbocycles. The maximum atomic E-state index is 10.7. The van der Waals surface area contributed by atoms with E-state index in [1.807, 2.05) is 0 Å². The fourth-order valence-electron chi connectivity index (χ4n) is 3.41. The summed E-state index contributed by atoms with van der Waals surface area (Å²) in [5.41, 5.74) is 0.696. The van der Waals surface area contributed by atoms with Crippen molar-refractivity contribution in [2.45, 2.75) is 56.7 Å². The van der Waals surface area contributed by atoms with Gasteiger partial charge in [0.15, 0.2) is 0 Å². The summed E-state index contributed by atoms with van der Waals surface area (Å²) in [6.45, 7) is 0. The fraction of sp³-hybridized carbons (Fsp3) is 0.562. The Kier molecular flexibility index (Phi) is 5.95. The molecule has 0 radical (unpaired) electrons. The van der Waals surface area contributed by atoms with Crippen LogP contribution in [0.5, 0.6) is 5.75 Å². The molecule has 2 heterocycles. The lowest BCUT2D eigenvalue weighted by Gasteiger charge is -2.40. The van der Waals surface area contributed by atoms with E-state index in [2.05, 4.69) is 5.32 Å². The first-order chi connectivity index (χ1) is 10.1. The predicted molar refractivity (Wildman–Crippen MR) is 88.3 cm³/mol. The average molecular weight is 346 g/mol. The van der Waals surface area contributed by atoms with Gasteiger partial charge in [0.05, 0.1) is 11.4 Å². The zero-order valence-corrected chi connectivity index (χ0v) is 13.8. The highest BCUT2D eigenvalue weighted by atomic mass is 35.5. The van der Waals surface area contributed by atoms with Crippen LogP contribution in [0.2, 0.25) is 5.02 Å². The number of benzene rings is 1.